The van der Waals surface area contributed by atoms with Crippen molar-refractivity contribution >= 4 is 0 Å². The molecule has 0 aromatic heterocycles. The predicted molar refractivity (Wildman–Crippen MR) is 81.3 cm³/mol. The monoisotopic (exact) mass is 282 g/mol. The first-order valence-electron chi connectivity index (χ1n) is 6.75. The third-order valence-corrected chi connectivity index (χ3v) is 2.95. The quantitative estimate of drug-likeness (QED) is 0.880. The van der Waals surface area contributed by atoms with Crippen LogP contribution in [0.4, 0.5) is 0 Å². The van der Waals surface area contributed by atoms with Crippen LogP contribution in [0.5, 0.6) is 17.2 Å². The van der Waals surface area contributed by atoms with E-state index in [1.807, 2.05) is 60.7 Å². The molecule has 0 saturated carbocycles. The van der Waals surface area contributed by atoms with Crippen LogP contribution in [-0.2, 0) is 0 Å². The van der Waals surface area contributed by atoms with Gasteiger partial charge in [0.2, 0.25) is 0 Å². The molecule has 0 amide bonds. The van der Waals surface area contributed by atoms with Gasteiger partial charge in [0.1, 0.15) is 22.8 Å². The van der Waals surface area contributed by atoms with Gasteiger partial charge in [0.15, 0.2) is 0 Å². The van der Waals surface area contributed by atoms with Crippen molar-refractivity contribution in [2.75, 3.05) is 6.61 Å². The molecule has 0 heterocycles. The highest BCUT2D eigenvalue weighted by Gasteiger charge is 2.16. The molecule has 0 aliphatic carbocycles. The van der Waals surface area contributed by atoms with Gasteiger partial charge in [-0.1, -0.05) is 18.2 Å². The molecule has 0 aliphatic rings. The number of nitrogens with two attached hydrogens (primary N) is 1. The number of rotatable bonds is 6. The summed E-state index contributed by atoms with van der Waals surface area (Å²) in [6, 6.07) is 19.0. The van der Waals surface area contributed by atoms with Crippen LogP contribution in [0.15, 0.2) is 54.6 Å². The van der Waals surface area contributed by atoms with Crippen LogP contribution in [-0.4, -0.2) is 12.1 Å². The highest BCUT2D eigenvalue weighted by atomic mass is 16.5. The molecule has 2 aromatic rings. The lowest BCUT2D eigenvalue weighted by Gasteiger charge is -2.15. The standard InChI is InChI=1S/C17H18N2O2/c1-17(19,13-18)11-12-20-14-7-9-16(10-8-14)21-15-5-3-2-4-6-15/h2-10H,11-12,19H2,1H3. The zero-order valence-electron chi connectivity index (χ0n) is 12.0. The Balaban J connectivity index is 1.86. The van der Waals surface area contributed by atoms with Gasteiger partial charge in [-0.3, -0.25) is 0 Å². The number of ether oxygens (including phenoxy) is 2. The summed E-state index contributed by atoms with van der Waals surface area (Å²) in [6.07, 6.45) is 0.478. The average molecular weight is 282 g/mol. The zero-order valence-corrected chi connectivity index (χ0v) is 12.0. The lowest BCUT2D eigenvalue weighted by Crippen LogP contribution is -2.35. The normalized spacial score (nSPS) is 13.0. The van der Waals surface area contributed by atoms with Crippen molar-refractivity contribution in [3.63, 3.8) is 0 Å². The molecule has 0 radical (unpaired) electrons. The SMILES string of the molecule is CC(N)(C#N)CCOc1ccc(Oc2ccccc2)cc1. The predicted octanol–water partition coefficient (Wildman–Crippen LogP) is 3.49. The van der Waals surface area contributed by atoms with Crippen LogP contribution in [0.3, 0.4) is 0 Å². The van der Waals surface area contributed by atoms with E-state index in [0.29, 0.717) is 13.0 Å². The Kier molecular flexibility index (Phi) is 4.81. The van der Waals surface area contributed by atoms with E-state index < -0.39 is 5.54 Å². The number of hydrogen-bond acceptors (Lipinski definition) is 4. The summed E-state index contributed by atoms with van der Waals surface area (Å²) in [7, 11) is 0. The number of nitrogens with zero attached hydrogens (tertiary/aromatic N) is 1. The van der Waals surface area contributed by atoms with E-state index in [1.165, 1.54) is 0 Å². The summed E-state index contributed by atoms with van der Waals surface area (Å²) in [5, 5.41) is 8.82. The number of para-hydroxylation sites is 1. The van der Waals surface area contributed by atoms with E-state index in [4.69, 9.17) is 20.5 Å². The molecule has 21 heavy (non-hydrogen) atoms. The molecule has 108 valence electrons. The maximum Gasteiger partial charge on any atom is 0.127 e. The van der Waals surface area contributed by atoms with Crippen LogP contribution in [0.1, 0.15) is 13.3 Å². The van der Waals surface area contributed by atoms with Crippen LogP contribution in [0.25, 0.3) is 0 Å². The van der Waals surface area contributed by atoms with E-state index in [2.05, 4.69) is 0 Å². The molecule has 2 N–H and O–H groups in total. The van der Waals surface area contributed by atoms with E-state index in [-0.39, 0.29) is 0 Å². The van der Waals surface area contributed by atoms with Crippen molar-refractivity contribution in [2.24, 2.45) is 5.73 Å². The summed E-state index contributed by atoms with van der Waals surface area (Å²) in [5.74, 6) is 2.26. The Morgan fingerprint density at radius 1 is 1.00 bits per heavy atom. The first kappa shape index (κ1) is 14.9. The van der Waals surface area contributed by atoms with Gasteiger partial charge in [-0.2, -0.15) is 5.26 Å². The van der Waals surface area contributed by atoms with Crippen molar-refractivity contribution in [2.45, 2.75) is 18.9 Å². The number of nitriles is 1. The summed E-state index contributed by atoms with van der Waals surface area (Å²) in [5.41, 5.74) is 4.88. The average Bonchev–Trinajstić information content (AvgIpc) is 2.50. The van der Waals surface area contributed by atoms with Gasteiger partial charge in [-0.25, -0.2) is 0 Å². The third-order valence-electron chi connectivity index (χ3n) is 2.95. The molecule has 4 nitrogen and oxygen atoms in total. The minimum atomic E-state index is -0.851. The van der Waals surface area contributed by atoms with Crippen LogP contribution < -0.4 is 15.2 Å². The maximum atomic E-state index is 8.82. The van der Waals surface area contributed by atoms with Gasteiger partial charge in [-0.05, 0) is 43.3 Å². The molecule has 4 heteroatoms. The molecular weight excluding hydrogens is 264 g/mol. The third kappa shape index (κ3) is 4.83. The molecule has 0 fully saturated rings. The van der Waals surface area contributed by atoms with E-state index in [1.54, 1.807) is 6.92 Å². The topological polar surface area (TPSA) is 68.3 Å². The fourth-order valence-corrected chi connectivity index (χ4v) is 1.67. The molecule has 1 atom stereocenters. The number of benzene rings is 2. The van der Waals surface area contributed by atoms with Crippen molar-refractivity contribution in [3.8, 4) is 23.3 Å². The van der Waals surface area contributed by atoms with Crippen molar-refractivity contribution in [1.82, 2.24) is 0 Å². The lowest BCUT2D eigenvalue weighted by atomic mass is 10.0. The lowest BCUT2D eigenvalue weighted by molar-refractivity contribution is 0.286. The summed E-state index contributed by atoms with van der Waals surface area (Å²) < 4.78 is 11.3. The Labute approximate surface area is 124 Å². The minimum absolute atomic E-state index is 0.402. The molecule has 0 aliphatic heterocycles. The Bertz CT molecular complexity index is 601. The summed E-state index contributed by atoms with van der Waals surface area (Å²) >= 11 is 0. The van der Waals surface area contributed by atoms with Crippen LogP contribution in [0, 0.1) is 11.3 Å². The summed E-state index contributed by atoms with van der Waals surface area (Å²) in [6.45, 7) is 2.09. The number of hydrogen-bond donors (Lipinski definition) is 1. The van der Waals surface area contributed by atoms with Gasteiger partial charge in [0.25, 0.3) is 0 Å². The van der Waals surface area contributed by atoms with Gasteiger partial charge in [0.05, 0.1) is 12.7 Å². The van der Waals surface area contributed by atoms with Crippen molar-refractivity contribution in [3.05, 3.63) is 54.6 Å². The molecule has 0 saturated heterocycles. The molecule has 2 aromatic carbocycles. The highest BCUT2D eigenvalue weighted by Crippen LogP contribution is 2.23. The zero-order chi connectivity index (χ0) is 15.1. The smallest absolute Gasteiger partial charge is 0.127 e. The Morgan fingerprint density at radius 3 is 2.19 bits per heavy atom. The summed E-state index contributed by atoms with van der Waals surface area (Å²) in [4.78, 5) is 0. The largest absolute Gasteiger partial charge is 0.493 e. The molecule has 0 bridgehead atoms. The minimum Gasteiger partial charge on any atom is -0.493 e. The van der Waals surface area contributed by atoms with Crippen LogP contribution >= 0.6 is 0 Å². The molecular formula is C17H18N2O2. The molecule has 0 spiro atoms. The second-order valence-corrected chi connectivity index (χ2v) is 5.01. The molecule has 1 unspecified atom stereocenters. The van der Waals surface area contributed by atoms with Gasteiger partial charge in [-0.15, -0.1) is 0 Å². The van der Waals surface area contributed by atoms with E-state index in [0.717, 1.165) is 17.2 Å². The van der Waals surface area contributed by atoms with Crippen molar-refractivity contribution < 1.29 is 9.47 Å². The van der Waals surface area contributed by atoms with E-state index >= 15 is 0 Å². The Hall–Kier alpha value is -2.51. The second kappa shape index (κ2) is 6.78. The van der Waals surface area contributed by atoms with Gasteiger partial charge >= 0.3 is 0 Å². The van der Waals surface area contributed by atoms with Crippen molar-refractivity contribution in [1.29, 1.82) is 5.26 Å². The fourth-order valence-electron chi connectivity index (χ4n) is 1.67. The fraction of sp³-hybridized carbons (Fsp3) is 0.235. The highest BCUT2D eigenvalue weighted by molar-refractivity contribution is 5.35. The Morgan fingerprint density at radius 2 is 1.57 bits per heavy atom. The van der Waals surface area contributed by atoms with Crippen LogP contribution in [0.2, 0.25) is 0 Å². The van der Waals surface area contributed by atoms with Gasteiger partial charge in [0, 0.05) is 6.42 Å². The maximum absolute atomic E-state index is 8.82. The van der Waals surface area contributed by atoms with E-state index in [9.17, 15) is 0 Å². The van der Waals surface area contributed by atoms with Gasteiger partial charge < -0.3 is 15.2 Å². The first-order valence-corrected chi connectivity index (χ1v) is 6.75. The molecule has 2 rings (SSSR count). The first-order chi connectivity index (χ1) is 10.1. The second-order valence-electron chi connectivity index (χ2n) is 5.01.